The van der Waals surface area contributed by atoms with Crippen LogP contribution in [0.25, 0.3) is 0 Å². The van der Waals surface area contributed by atoms with Gasteiger partial charge in [0, 0.05) is 18.2 Å². The van der Waals surface area contributed by atoms with Gasteiger partial charge in [-0.15, -0.1) is 0 Å². The van der Waals surface area contributed by atoms with Gasteiger partial charge in [0.2, 0.25) is 0 Å². The van der Waals surface area contributed by atoms with Crippen LogP contribution in [0, 0.1) is 10.1 Å². The van der Waals surface area contributed by atoms with E-state index in [-0.39, 0.29) is 22.7 Å². The molecule has 1 aliphatic carbocycles. The zero-order chi connectivity index (χ0) is 13.0. The number of nitro benzene ring substituents is 1. The van der Waals surface area contributed by atoms with Crippen LogP contribution in [-0.2, 0) is 0 Å². The summed E-state index contributed by atoms with van der Waals surface area (Å²) in [4.78, 5) is 10.6. The van der Waals surface area contributed by atoms with Crippen LogP contribution in [0.2, 0.25) is 0 Å². The number of hydrogen-bond acceptors (Lipinski definition) is 4. The predicted octanol–water partition coefficient (Wildman–Crippen LogP) is 2.67. The number of para-hydroxylation sites is 2. The van der Waals surface area contributed by atoms with Crippen LogP contribution in [0.1, 0.15) is 32.1 Å². The Hall–Kier alpha value is -1.62. The number of rotatable bonds is 3. The molecule has 2 atom stereocenters. The Morgan fingerprint density at radius 1 is 1.22 bits per heavy atom. The molecule has 0 spiro atoms. The normalized spacial score (nSPS) is 24.3. The molecule has 2 unspecified atom stereocenters. The van der Waals surface area contributed by atoms with Crippen molar-refractivity contribution < 1.29 is 4.92 Å². The van der Waals surface area contributed by atoms with Crippen LogP contribution >= 0.6 is 0 Å². The summed E-state index contributed by atoms with van der Waals surface area (Å²) in [5.41, 5.74) is 6.81. The van der Waals surface area contributed by atoms with Crippen LogP contribution in [0.4, 0.5) is 11.4 Å². The molecule has 3 N–H and O–H groups in total. The van der Waals surface area contributed by atoms with E-state index >= 15 is 0 Å². The van der Waals surface area contributed by atoms with Crippen molar-refractivity contribution in [1.29, 1.82) is 0 Å². The molecule has 0 saturated heterocycles. The summed E-state index contributed by atoms with van der Waals surface area (Å²) in [5, 5.41) is 14.2. The van der Waals surface area contributed by atoms with E-state index in [1.54, 1.807) is 18.2 Å². The molecule has 0 aromatic heterocycles. The highest BCUT2D eigenvalue weighted by atomic mass is 16.6. The largest absolute Gasteiger partial charge is 0.375 e. The Labute approximate surface area is 107 Å². The van der Waals surface area contributed by atoms with E-state index in [9.17, 15) is 10.1 Å². The topological polar surface area (TPSA) is 81.2 Å². The van der Waals surface area contributed by atoms with Gasteiger partial charge in [0.25, 0.3) is 5.69 Å². The van der Waals surface area contributed by atoms with Crippen molar-refractivity contribution in [3.05, 3.63) is 34.4 Å². The Morgan fingerprint density at radius 2 is 1.94 bits per heavy atom. The summed E-state index contributed by atoms with van der Waals surface area (Å²) < 4.78 is 0. The third kappa shape index (κ3) is 2.98. The van der Waals surface area contributed by atoms with Gasteiger partial charge >= 0.3 is 0 Å². The molecule has 1 aromatic rings. The van der Waals surface area contributed by atoms with Crippen molar-refractivity contribution in [3.63, 3.8) is 0 Å². The lowest BCUT2D eigenvalue weighted by Crippen LogP contribution is -2.39. The summed E-state index contributed by atoms with van der Waals surface area (Å²) in [7, 11) is 0. The summed E-state index contributed by atoms with van der Waals surface area (Å²) in [6.45, 7) is 0. The maximum atomic E-state index is 10.9. The first-order valence-corrected chi connectivity index (χ1v) is 6.44. The van der Waals surface area contributed by atoms with E-state index in [1.807, 2.05) is 0 Å². The number of nitrogens with one attached hydrogen (secondary N) is 1. The summed E-state index contributed by atoms with van der Waals surface area (Å²) >= 11 is 0. The number of anilines is 1. The molecule has 98 valence electrons. The molecule has 5 nitrogen and oxygen atoms in total. The smallest absolute Gasteiger partial charge is 0.292 e. The van der Waals surface area contributed by atoms with Crippen LogP contribution in [-0.4, -0.2) is 17.0 Å². The molecule has 0 radical (unpaired) electrons. The maximum Gasteiger partial charge on any atom is 0.292 e. The highest BCUT2D eigenvalue weighted by Gasteiger charge is 2.22. The average Bonchev–Trinajstić information content (AvgIpc) is 2.55. The molecule has 1 fully saturated rings. The minimum Gasteiger partial charge on any atom is -0.375 e. The Bertz CT molecular complexity index is 422. The highest BCUT2D eigenvalue weighted by Crippen LogP contribution is 2.27. The van der Waals surface area contributed by atoms with Crippen LogP contribution < -0.4 is 11.1 Å². The number of benzene rings is 1. The first-order chi connectivity index (χ1) is 8.68. The number of nitrogens with zero attached hydrogens (tertiary/aromatic N) is 1. The summed E-state index contributed by atoms with van der Waals surface area (Å²) in [5.74, 6) is 0. The molecular weight excluding hydrogens is 230 g/mol. The molecule has 18 heavy (non-hydrogen) atoms. The molecule has 1 aromatic carbocycles. The zero-order valence-electron chi connectivity index (χ0n) is 10.3. The lowest BCUT2D eigenvalue weighted by Gasteiger charge is -2.23. The standard InChI is InChI=1S/C13H19N3O2/c14-10-6-2-1-3-7-11(10)15-12-8-4-5-9-13(12)16(17)18/h4-5,8-11,15H,1-3,6-7,14H2. The van der Waals surface area contributed by atoms with E-state index in [4.69, 9.17) is 5.73 Å². The number of nitro groups is 1. The Balaban J connectivity index is 2.14. The molecule has 0 aliphatic heterocycles. The third-order valence-electron chi connectivity index (χ3n) is 3.51. The van der Waals surface area contributed by atoms with Crippen LogP contribution in [0.15, 0.2) is 24.3 Å². The van der Waals surface area contributed by atoms with E-state index in [2.05, 4.69) is 5.32 Å². The molecule has 0 heterocycles. The average molecular weight is 249 g/mol. The number of hydrogen-bond donors (Lipinski definition) is 2. The molecule has 1 saturated carbocycles. The predicted molar refractivity (Wildman–Crippen MR) is 71.6 cm³/mol. The van der Waals surface area contributed by atoms with Crippen molar-refractivity contribution in [2.24, 2.45) is 5.73 Å². The van der Waals surface area contributed by atoms with Crippen molar-refractivity contribution in [1.82, 2.24) is 0 Å². The minimum atomic E-state index is -0.357. The molecule has 0 amide bonds. The lowest BCUT2D eigenvalue weighted by atomic mass is 10.0. The van der Waals surface area contributed by atoms with Gasteiger partial charge in [0.15, 0.2) is 0 Å². The SMILES string of the molecule is NC1CCCCCC1Nc1ccccc1[N+](=O)[O-]. The molecule has 0 bridgehead atoms. The summed E-state index contributed by atoms with van der Waals surface area (Å²) in [6.07, 6.45) is 5.44. The molecule has 2 rings (SSSR count). The van der Waals surface area contributed by atoms with Gasteiger partial charge in [-0.25, -0.2) is 0 Å². The third-order valence-corrected chi connectivity index (χ3v) is 3.51. The second-order valence-electron chi connectivity index (χ2n) is 4.83. The number of nitrogens with two attached hydrogens (primary N) is 1. The van der Waals surface area contributed by atoms with Crippen LogP contribution in [0.5, 0.6) is 0 Å². The van der Waals surface area contributed by atoms with E-state index in [0.29, 0.717) is 5.69 Å². The first kappa shape index (κ1) is 12.8. The fourth-order valence-corrected chi connectivity index (χ4v) is 2.47. The van der Waals surface area contributed by atoms with Crippen LogP contribution in [0.3, 0.4) is 0 Å². The van der Waals surface area contributed by atoms with Gasteiger partial charge in [0.05, 0.1) is 4.92 Å². The zero-order valence-corrected chi connectivity index (χ0v) is 10.3. The molecular formula is C13H19N3O2. The second kappa shape index (κ2) is 5.82. The van der Waals surface area contributed by atoms with Crippen molar-refractivity contribution in [2.75, 3.05) is 5.32 Å². The fraction of sp³-hybridized carbons (Fsp3) is 0.538. The van der Waals surface area contributed by atoms with Gasteiger partial charge in [-0.2, -0.15) is 0 Å². The van der Waals surface area contributed by atoms with Gasteiger partial charge in [-0.1, -0.05) is 31.4 Å². The highest BCUT2D eigenvalue weighted by molar-refractivity contribution is 5.61. The monoisotopic (exact) mass is 249 g/mol. The second-order valence-corrected chi connectivity index (χ2v) is 4.83. The quantitative estimate of drug-likeness (QED) is 0.490. The maximum absolute atomic E-state index is 10.9. The van der Waals surface area contributed by atoms with Crippen molar-refractivity contribution in [3.8, 4) is 0 Å². The Morgan fingerprint density at radius 3 is 2.72 bits per heavy atom. The minimum absolute atomic E-state index is 0.0762. The van der Waals surface area contributed by atoms with Gasteiger partial charge in [-0.3, -0.25) is 10.1 Å². The lowest BCUT2D eigenvalue weighted by molar-refractivity contribution is -0.384. The summed E-state index contributed by atoms with van der Waals surface area (Å²) in [6, 6.07) is 6.95. The molecule has 1 aliphatic rings. The van der Waals surface area contributed by atoms with E-state index in [1.165, 1.54) is 12.5 Å². The van der Waals surface area contributed by atoms with E-state index < -0.39 is 0 Å². The van der Waals surface area contributed by atoms with E-state index in [0.717, 1.165) is 25.7 Å². The Kier molecular flexibility index (Phi) is 4.15. The van der Waals surface area contributed by atoms with Gasteiger partial charge in [0.1, 0.15) is 5.69 Å². The van der Waals surface area contributed by atoms with Gasteiger partial charge in [-0.05, 0) is 18.9 Å². The molecule has 5 heteroatoms. The van der Waals surface area contributed by atoms with Gasteiger partial charge < -0.3 is 11.1 Å². The van der Waals surface area contributed by atoms with Crippen molar-refractivity contribution in [2.45, 2.75) is 44.2 Å². The van der Waals surface area contributed by atoms with Crippen molar-refractivity contribution >= 4 is 11.4 Å². The fourth-order valence-electron chi connectivity index (χ4n) is 2.47. The first-order valence-electron chi connectivity index (χ1n) is 6.44.